The van der Waals surface area contributed by atoms with Gasteiger partial charge in [0.2, 0.25) is 0 Å². The normalized spacial score (nSPS) is 17.2. The molecule has 1 aromatic heterocycles. The number of carbonyl (C=O) groups is 1. The maximum Gasteiger partial charge on any atom is 0.358 e. The molecule has 1 fully saturated rings. The van der Waals surface area contributed by atoms with Crippen LogP contribution >= 0.6 is 0 Å². The Morgan fingerprint density at radius 2 is 2.26 bits per heavy atom. The Hall–Kier alpha value is -1.69. The van der Waals surface area contributed by atoms with Crippen LogP contribution in [-0.4, -0.2) is 35.6 Å². The second-order valence-corrected chi connectivity index (χ2v) is 4.81. The second kappa shape index (κ2) is 6.47. The van der Waals surface area contributed by atoms with E-state index in [0.29, 0.717) is 18.3 Å². The van der Waals surface area contributed by atoms with E-state index in [9.17, 15) is 4.79 Å². The van der Waals surface area contributed by atoms with Gasteiger partial charge in [-0.05, 0) is 18.8 Å². The van der Waals surface area contributed by atoms with Crippen LogP contribution in [0.5, 0.6) is 0 Å². The van der Waals surface area contributed by atoms with Gasteiger partial charge in [-0.25, -0.2) is 9.78 Å². The predicted octanol–water partition coefficient (Wildman–Crippen LogP) is 1.19. The number of hydrogen-bond donors (Lipinski definition) is 2. The number of ether oxygens (including phenoxy) is 1. The number of nitrogens with zero attached hydrogens (tertiary/aromatic N) is 2. The summed E-state index contributed by atoms with van der Waals surface area (Å²) in [6.45, 7) is 0.550. The van der Waals surface area contributed by atoms with Crippen LogP contribution in [0.1, 0.15) is 36.2 Å². The lowest BCUT2D eigenvalue weighted by Crippen LogP contribution is -2.35. The number of aromatic nitrogens is 2. The van der Waals surface area contributed by atoms with Crippen LogP contribution in [0, 0.1) is 5.92 Å². The number of methoxy groups -OCH3 is 1. The van der Waals surface area contributed by atoms with Crippen molar-refractivity contribution in [1.82, 2.24) is 9.97 Å². The number of nitrogens with two attached hydrogens (primary N) is 1. The van der Waals surface area contributed by atoms with E-state index >= 15 is 0 Å². The van der Waals surface area contributed by atoms with E-state index in [0.717, 1.165) is 0 Å². The highest BCUT2D eigenvalue weighted by Gasteiger charge is 2.24. The third kappa shape index (κ3) is 3.41. The van der Waals surface area contributed by atoms with Crippen LogP contribution in [0.4, 0.5) is 5.82 Å². The monoisotopic (exact) mass is 264 g/mol. The van der Waals surface area contributed by atoms with Gasteiger partial charge in [-0.15, -0.1) is 0 Å². The second-order valence-electron chi connectivity index (χ2n) is 4.81. The average molecular weight is 264 g/mol. The Morgan fingerprint density at radius 3 is 2.89 bits per heavy atom. The Bertz CT molecular complexity index is 432. The number of carbonyl (C=O) groups excluding carboxylic acids is 1. The predicted molar refractivity (Wildman–Crippen MR) is 71.8 cm³/mol. The highest BCUT2D eigenvalue weighted by molar-refractivity contribution is 5.87. The molecule has 19 heavy (non-hydrogen) atoms. The first-order chi connectivity index (χ1) is 9.24. The van der Waals surface area contributed by atoms with E-state index in [2.05, 4.69) is 20.0 Å². The highest BCUT2D eigenvalue weighted by Crippen LogP contribution is 2.28. The quantitative estimate of drug-likeness (QED) is 0.776. The van der Waals surface area contributed by atoms with E-state index in [1.54, 1.807) is 6.20 Å². The molecule has 1 saturated carbocycles. The number of nitrogens with one attached hydrogen (secondary N) is 1. The maximum atomic E-state index is 11.4. The van der Waals surface area contributed by atoms with Gasteiger partial charge in [0, 0.05) is 12.6 Å². The van der Waals surface area contributed by atoms with Crippen LogP contribution < -0.4 is 11.1 Å². The molecule has 6 nitrogen and oxygen atoms in total. The molecule has 3 N–H and O–H groups in total. The minimum Gasteiger partial charge on any atom is -0.464 e. The van der Waals surface area contributed by atoms with E-state index in [4.69, 9.17) is 5.73 Å². The van der Waals surface area contributed by atoms with Crippen molar-refractivity contribution in [3.8, 4) is 0 Å². The van der Waals surface area contributed by atoms with Gasteiger partial charge < -0.3 is 15.8 Å². The van der Waals surface area contributed by atoms with Crippen LogP contribution in [0.2, 0.25) is 0 Å². The molecular weight excluding hydrogens is 244 g/mol. The number of esters is 1. The van der Waals surface area contributed by atoms with Gasteiger partial charge in [-0.2, -0.15) is 0 Å². The van der Waals surface area contributed by atoms with Crippen molar-refractivity contribution >= 4 is 11.8 Å². The molecule has 1 aromatic rings. The Balaban J connectivity index is 2.06. The summed E-state index contributed by atoms with van der Waals surface area (Å²) in [7, 11) is 1.32. The van der Waals surface area contributed by atoms with Crippen molar-refractivity contribution in [2.75, 3.05) is 19.0 Å². The molecule has 2 rings (SSSR count). The Kier molecular flexibility index (Phi) is 4.68. The van der Waals surface area contributed by atoms with Crippen molar-refractivity contribution in [3.05, 3.63) is 18.1 Å². The highest BCUT2D eigenvalue weighted by atomic mass is 16.5. The molecular formula is C13H20N4O2. The van der Waals surface area contributed by atoms with Crippen LogP contribution in [0.3, 0.4) is 0 Å². The van der Waals surface area contributed by atoms with E-state index < -0.39 is 5.97 Å². The van der Waals surface area contributed by atoms with Crippen LogP contribution in [-0.2, 0) is 4.74 Å². The van der Waals surface area contributed by atoms with Gasteiger partial charge in [-0.3, -0.25) is 4.98 Å². The molecule has 1 atom stereocenters. The summed E-state index contributed by atoms with van der Waals surface area (Å²) >= 11 is 0. The Morgan fingerprint density at radius 1 is 1.53 bits per heavy atom. The minimum atomic E-state index is -0.485. The van der Waals surface area contributed by atoms with Gasteiger partial charge in [0.15, 0.2) is 5.69 Å². The molecule has 104 valence electrons. The topological polar surface area (TPSA) is 90.1 Å². The molecule has 1 aliphatic rings. The zero-order chi connectivity index (χ0) is 13.7. The smallest absolute Gasteiger partial charge is 0.358 e. The Labute approximate surface area is 112 Å². The first kappa shape index (κ1) is 13.7. The van der Waals surface area contributed by atoms with E-state index in [1.807, 2.05) is 0 Å². The molecule has 6 heteroatoms. The zero-order valence-corrected chi connectivity index (χ0v) is 11.1. The summed E-state index contributed by atoms with van der Waals surface area (Å²) in [5, 5.41) is 3.28. The molecule has 0 aromatic carbocycles. The molecule has 1 aliphatic carbocycles. The van der Waals surface area contributed by atoms with Crippen molar-refractivity contribution < 1.29 is 9.53 Å². The summed E-state index contributed by atoms with van der Waals surface area (Å²) in [4.78, 5) is 19.6. The molecule has 1 heterocycles. The minimum absolute atomic E-state index is 0.185. The van der Waals surface area contributed by atoms with Gasteiger partial charge in [0.1, 0.15) is 5.82 Å². The first-order valence-corrected chi connectivity index (χ1v) is 6.61. The molecule has 1 unspecified atom stereocenters. The number of hydrogen-bond acceptors (Lipinski definition) is 6. The zero-order valence-electron chi connectivity index (χ0n) is 11.1. The van der Waals surface area contributed by atoms with Gasteiger partial charge >= 0.3 is 5.97 Å². The van der Waals surface area contributed by atoms with Crippen LogP contribution in [0.25, 0.3) is 0 Å². The van der Waals surface area contributed by atoms with E-state index in [-0.39, 0.29) is 11.7 Å². The standard InChI is InChI=1S/C13H20N4O2/c1-19-13(18)11-7-15-8-12(17-11)16-10(6-14)9-4-2-3-5-9/h7-10H,2-6,14H2,1H3,(H,16,17). The molecule has 0 saturated heterocycles. The van der Waals surface area contributed by atoms with Gasteiger partial charge in [0.05, 0.1) is 19.5 Å². The lowest BCUT2D eigenvalue weighted by molar-refractivity contribution is 0.0593. The van der Waals surface area contributed by atoms with E-state index in [1.165, 1.54) is 39.0 Å². The SMILES string of the molecule is COC(=O)c1cncc(NC(CN)C2CCCC2)n1. The number of anilines is 1. The van der Waals surface area contributed by atoms with Crippen molar-refractivity contribution in [2.24, 2.45) is 11.7 Å². The fourth-order valence-corrected chi connectivity index (χ4v) is 2.56. The third-order valence-corrected chi connectivity index (χ3v) is 3.59. The number of rotatable bonds is 5. The summed E-state index contributed by atoms with van der Waals surface area (Å²) in [5.41, 5.74) is 6.03. The maximum absolute atomic E-state index is 11.4. The van der Waals surface area contributed by atoms with Gasteiger partial charge in [0.25, 0.3) is 0 Å². The first-order valence-electron chi connectivity index (χ1n) is 6.61. The molecule has 0 radical (unpaired) electrons. The lowest BCUT2D eigenvalue weighted by Gasteiger charge is -2.23. The van der Waals surface area contributed by atoms with Crippen LogP contribution in [0.15, 0.2) is 12.4 Å². The molecule has 0 spiro atoms. The molecule has 0 aliphatic heterocycles. The van der Waals surface area contributed by atoms with Crippen molar-refractivity contribution in [2.45, 2.75) is 31.7 Å². The molecule has 0 amide bonds. The van der Waals surface area contributed by atoms with Gasteiger partial charge in [-0.1, -0.05) is 12.8 Å². The lowest BCUT2D eigenvalue weighted by atomic mass is 9.98. The summed E-state index contributed by atoms with van der Waals surface area (Å²) in [6, 6.07) is 0.185. The largest absolute Gasteiger partial charge is 0.464 e. The fraction of sp³-hybridized carbons (Fsp3) is 0.615. The third-order valence-electron chi connectivity index (χ3n) is 3.59. The fourth-order valence-electron chi connectivity index (χ4n) is 2.56. The van der Waals surface area contributed by atoms with Crippen molar-refractivity contribution in [1.29, 1.82) is 0 Å². The summed E-state index contributed by atoms with van der Waals surface area (Å²) in [5.74, 6) is 0.667. The van der Waals surface area contributed by atoms with Crippen molar-refractivity contribution in [3.63, 3.8) is 0 Å². The molecule has 0 bridgehead atoms. The average Bonchev–Trinajstić information content (AvgIpc) is 2.98. The summed E-state index contributed by atoms with van der Waals surface area (Å²) < 4.78 is 4.63. The summed E-state index contributed by atoms with van der Waals surface area (Å²) in [6.07, 6.45) is 7.90.